The van der Waals surface area contributed by atoms with Crippen LogP contribution in [0.3, 0.4) is 0 Å². The molecule has 1 unspecified atom stereocenters. The van der Waals surface area contributed by atoms with E-state index in [2.05, 4.69) is 10.2 Å². The van der Waals surface area contributed by atoms with Crippen molar-refractivity contribution in [1.29, 1.82) is 0 Å². The molecule has 5 nitrogen and oxygen atoms in total. The molecule has 1 saturated heterocycles. The summed E-state index contributed by atoms with van der Waals surface area (Å²) in [4.78, 5) is 15.2. The number of nitrogens with one attached hydrogen (secondary N) is 1. The predicted octanol–water partition coefficient (Wildman–Crippen LogP) is 3.12. The number of aromatic nitrogens is 1. The molecule has 6 heteroatoms. The van der Waals surface area contributed by atoms with Gasteiger partial charge in [-0.3, -0.25) is 9.69 Å². The van der Waals surface area contributed by atoms with Crippen LogP contribution in [0.2, 0.25) is 0 Å². The summed E-state index contributed by atoms with van der Waals surface area (Å²) in [5.41, 5.74) is 2.68. The van der Waals surface area contributed by atoms with Gasteiger partial charge >= 0.3 is 0 Å². The van der Waals surface area contributed by atoms with Crippen molar-refractivity contribution in [3.63, 3.8) is 0 Å². The van der Waals surface area contributed by atoms with Crippen molar-refractivity contribution in [2.75, 3.05) is 32.8 Å². The number of carbonyl (C=O) groups is 1. The van der Waals surface area contributed by atoms with E-state index in [1.54, 1.807) is 12.1 Å². The van der Waals surface area contributed by atoms with Crippen LogP contribution in [0.4, 0.5) is 4.39 Å². The Bertz CT molecular complexity index is 962. The summed E-state index contributed by atoms with van der Waals surface area (Å²) >= 11 is 0. The first-order valence-electron chi connectivity index (χ1n) is 9.53. The third-order valence-electron chi connectivity index (χ3n) is 5.34. The van der Waals surface area contributed by atoms with Gasteiger partial charge in [0.05, 0.1) is 24.8 Å². The maximum absolute atomic E-state index is 13.4. The van der Waals surface area contributed by atoms with E-state index in [4.69, 9.17) is 4.74 Å². The standard InChI is InChI=1S/C22H24FN3O2/c1-25-15-19(18-4-2-3-5-20(18)25)22(27)24-14-21(26-10-12-28-13-11-26)16-6-8-17(23)9-7-16/h2-9,15,21H,10-14H2,1H3,(H,24,27). The molecule has 1 amide bonds. The Kier molecular flexibility index (Phi) is 5.41. The van der Waals surface area contributed by atoms with Crippen molar-refractivity contribution in [3.05, 3.63) is 71.7 Å². The summed E-state index contributed by atoms with van der Waals surface area (Å²) in [5, 5.41) is 4.02. The van der Waals surface area contributed by atoms with E-state index < -0.39 is 0 Å². The molecule has 1 fully saturated rings. The van der Waals surface area contributed by atoms with Gasteiger partial charge in [-0.1, -0.05) is 30.3 Å². The molecular formula is C22H24FN3O2. The monoisotopic (exact) mass is 381 g/mol. The largest absolute Gasteiger partial charge is 0.379 e. The van der Waals surface area contributed by atoms with E-state index in [0.29, 0.717) is 25.3 Å². The number of carbonyl (C=O) groups excluding carboxylic acids is 1. The van der Waals surface area contributed by atoms with Crippen LogP contribution < -0.4 is 5.32 Å². The Balaban J connectivity index is 1.54. The highest BCUT2D eigenvalue weighted by Crippen LogP contribution is 2.23. The number of aryl methyl sites for hydroxylation is 1. The fourth-order valence-electron chi connectivity index (χ4n) is 3.84. The van der Waals surface area contributed by atoms with Gasteiger partial charge in [-0.2, -0.15) is 0 Å². The zero-order valence-electron chi connectivity index (χ0n) is 15.9. The minimum absolute atomic E-state index is 0.0246. The van der Waals surface area contributed by atoms with Crippen molar-refractivity contribution >= 4 is 16.8 Å². The molecule has 0 bridgehead atoms. The number of benzene rings is 2. The summed E-state index contributed by atoms with van der Waals surface area (Å²) in [6, 6.07) is 14.4. The molecule has 0 saturated carbocycles. The number of hydrogen-bond acceptors (Lipinski definition) is 3. The van der Waals surface area contributed by atoms with Crippen LogP contribution in [-0.4, -0.2) is 48.2 Å². The maximum Gasteiger partial charge on any atom is 0.253 e. The first-order chi connectivity index (χ1) is 13.6. The summed E-state index contributed by atoms with van der Waals surface area (Å²) in [6.07, 6.45) is 1.86. The van der Waals surface area contributed by atoms with Crippen LogP contribution in [0.15, 0.2) is 54.7 Å². The third-order valence-corrected chi connectivity index (χ3v) is 5.34. The average Bonchev–Trinajstić information content (AvgIpc) is 3.07. The third kappa shape index (κ3) is 3.79. The number of para-hydroxylation sites is 1. The lowest BCUT2D eigenvalue weighted by Crippen LogP contribution is -2.43. The highest BCUT2D eigenvalue weighted by molar-refractivity contribution is 6.06. The van der Waals surface area contributed by atoms with Crippen LogP contribution >= 0.6 is 0 Å². The van der Waals surface area contributed by atoms with Gasteiger partial charge < -0.3 is 14.6 Å². The van der Waals surface area contributed by atoms with Crippen LogP contribution in [0.1, 0.15) is 22.0 Å². The number of hydrogen-bond donors (Lipinski definition) is 1. The van der Waals surface area contributed by atoms with Crippen LogP contribution in [-0.2, 0) is 11.8 Å². The van der Waals surface area contributed by atoms with Crippen molar-refractivity contribution < 1.29 is 13.9 Å². The molecule has 1 aliphatic rings. The molecule has 2 aromatic carbocycles. The number of nitrogens with zero attached hydrogens (tertiary/aromatic N) is 2. The molecule has 0 spiro atoms. The first-order valence-corrected chi connectivity index (χ1v) is 9.53. The topological polar surface area (TPSA) is 46.5 Å². The smallest absolute Gasteiger partial charge is 0.253 e. The normalized spacial score (nSPS) is 16.2. The molecule has 1 atom stereocenters. The number of rotatable bonds is 5. The Hall–Kier alpha value is -2.70. The van der Waals surface area contributed by atoms with E-state index in [1.165, 1.54) is 12.1 Å². The van der Waals surface area contributed by atoms with Gasteiger partial charge in [0.25, 0.3) is 5.91 Å². The summed E-state index contributed by atoms with van der Waals surface area (Å²) in [7, 11) is 1.94. The lowest BCUT2D eigenvalue weighted by Gasteiger charge is -2.35. The van der Waals surface area contributed by atoms with E-state index >= 15 is 0 Å². The molecule has 0 radical (unpaired) electrons. The van der Waals surface area contributed by atoms with Gasteiger partial charge in [-0.25, -0.2) is 4.39 Å². The lowest BCUT2D eigenvalue weighted by molar-refractivity contribution is 0.0162. The number of morpholine rings is 1. The highest BCUT2D eigenvalue weighted by atomic mass is 19.1. The predicted molar refractivity (Wildman–Crippen MR) is 107 cm³/mol. The number of halogens is 1. The fraction of sp³-hybridized carbons (Fsp3) is 0.318. The highest BCUT2D eigenvalue weighted by Gasteiger charge is 2.24. The molecule has 4 rings (SSSR count). The zero-order valence-corrected chi connectivity index (χ0v) is 15.9. The van der Waals surface area contributed by atoms with Gasteiger partial charge in [0.1, 0.15) is 5.82 Å². The molecule has 0 aliphatic carbocycles. The second kappa shape index (κ2) is 8.12. The number of amides is 1. The van der Waals surface area contributed by atoms with Crippen LogP contribution in [0.5, 0.6) is 0 Å². The maximum atomic E-state index is 13.4. The molecule has 2 heterocycles. The van der Waals surface area contributed by atoms with Crippen molar-refractivity contribution in [3.8, 4) is 0 Å². The van der Waals surface area contributed by atoms with Gasteiger partial charge in [0.15, 0.2) is 0 Å². The van der Waals surface area contributed by atoms with Crippen molar-refractivity contribution in [1.82, 2.24) is 14.8 Å². The van der Waals surface area contributed by atoms with E-state index in [0.717, 1.165) is 29.6 Å². The van der Waals surface area contributed by atoms with E-state index in [9.17, 15) is 9.18 Å². The van der Waals surface area contributed by atoms with E-state index in [1.807, 2.05) is 42.1 Å². The average molecular weight is 381 g/mol. The summed E-state index contributed by atoms with van der Waals surface area (Å²) in [5.74, 6) is -0.360. The fourth-order valence-corrected chi connectivity index (χ4v) is 3.84. The van der Waals surface area contributed by atoms with Gasteiger partial charge in [0, 0.05) is 43.8 Å². The molecule has 3 aromatic rings. The van der Waals surface area contributed by atoms with Crippen LogP contribution in [0.25, 0.3) is 10.9 Å². The Morgan fingerprint density at radius 3 is 2.61 bits per heavy atom. The first kappa shape index (κ1) is 18.7. The SMILES string of the molecule is Cn1cc(C(=O)NCC(c2ccc(F)cc2)N2CCOCC2)c2ccccc21. The number of fused-ring (bicyclic) bond motifs is 1. The molecule has 1 aliphatic heterocycles. The molecular weight excluding hydrogens is 357 g/mol. The quantitative estimate of drug-likeness (QED) is 0.739. The molecule has 146 valence electrons. The van der Waals surface area contributed by atoms with Gasteiger partial charge in [-0.05, 0) is 23.8 Å². The van der Waals surface area contributed by atoms with Crippen LogP contribution in [0, 0.1) is 5.82 Å². The second-order valence-corrected chi connectivity index (χ2v) is 7.10. The zero-order chi connectivity index (χ0) is 19.5. The van der Waals surface area contributed by atoms with Crippen molar-refractivity contribution in [2.45, 2.75) is 6.04 Å². The lowest BCUT2D eigenvalue weighted by atomic mass is 10.0. The minimum Gasteiger partial charge on any atom is -0.379 e. The molecule has 1 N–H and O–H groups in total. The van der Waals surface area contributed by atoms with E-state index in [-0.39, 0.29) is 17.8 Å². The Morgan fingerprint density at radius 2 is 1.86 bits per heavy atom. The summed E-state index contributed by atoms with van der Waals surface area (Å²) in [6.45, 7) is 3.34. The molecule has 28 heavy (non-hydrogen) atoms. The van der Waals surface area contributed by atoms with Crippen molar-refractivity contribution in [2.24, 2.45) is 7.05 Å². The summed E-state index contributed by atoms with van der Waals surface area (Å²) < 4.78 is 20.8. The Morgan fingerprint density at radius 1 is 1.14 bits per heavy atom. The Labute approximate surface area is 163 Å². The second-order valence-electron chi connectivity index (χ2n) is 7.10. The molecule has 1 aromatic heterocycles. The van der Waals surface area contributed by atoms with Gasteiger partial charge in [-0.15, -0.1) is 0 Å². The van der Waals surface area contributed by atoms with Gasteiger partial charge in [0.2, 0.25) is 0 Å². The minimum atomic E-state index is -0.260. The number of ether oxygens (including phenoxy) is 1.